The predicted molar refractivity (Wildman–Crippen MR) is 152 cm³/mol. The number of rotatable bonds is 6. The van der Waals surface area contributed by atoms with Gasteiger partial charge in [0.15, 0.2) is 11.5 Å². The number of hydrogen-bond acceptors (Lipinski definition) is 6. The van der Waals surface area contributed by atoms with Crippen molar-refractivity contribution in [3.05, 3.63) is 120 Å². The van der Waals surface area contributed by atoms with Gasteiger partial charge in [0, 0.05) is 30.2 Å². The Labute approximate surface area is 225 Å². The van der Waals surface area contributed by atoms with Crippen molar-refractivity contribution >= 4 is 22.9 Å². The molecular formula is C31H25N7O. The van der Waals surface area contributed by atoms with Crippen molar-refractivity contribution < 1.29 is 4.79 Å². The number of nitrogens with one attached hydrogen (secondary N) is 1. The highest BCUT2D eigenvalue weighted by Crippen LogP contribution is 2.31. The number of aryl methyl sites for hydroxylation is 1. The summed E-state index contributed by atoms with van der Waals surface area (Å²) in [5.41, 5.74) is 13.5. The largest absolute Gasteiger partial charge is 0.383 e. The van der Waals surface area contributed by atoms with E-state index in [1.165, 1.54) is 0 Å². The van der Waals surface area contributed by atoms with E-state index in [1.807, 2.05) is 96.4 Å². The van der Waals surface area contributed by atoms with Crippen LogP contribution in [0.1, 0.15) is 21.6 Å². The summed E-state index contributed by atoms with van der Waals surface area (Å²) in [4.78, 5) is 30.9. The van der Waals surface area contributed by atoms with Crippen molar-refractivity contribution in [2.24, 2.45) is 0 Å². The van der Waals surface area contributed by atoms with Crippen LogP contribution in [0.15, 0.2) is 103 Å². The number of pyridine rings is 3. The zero-order valence-electron chi connectivity index (χ0n) is 21.2. The molecule has 0 unspecified atom stereocenters. The van der Waals surface area contributed by atoms with Gasteiger partial charge in [0.05, 0.1) is 11.3 Å². The van der Waals surface area contributed by atoms with Crippen LogP contribution in [0.4, 0.5) is 5.82 Å². The molecule has 2 aromatic carbocycles. The highest BCUT2D eigenvalue weighted by Gasteiger charge is 2.19. The molecule has 4 heterocycles. The van der Waals surface area contributed by atoms with Crippen molar-refractivity contribution in [2.75, 3.05) is 5.73 Å². The van der Waals surface area contributed by atoms with Gasteiger partial charge in [0.25, 0.3) is 5.91 Å². The number of hydrogen-bond donors (Lipinski definition) is 2. The first-order valence-electron chi connectivity index (χ1n) is 12.5. The minimum Gasteiger partial charge on any atom is -0.383 e. The lowest BCUT2D eigenvalue weighted by atomic mass is 10.1. The number of aromatic nitrogens is 5. The SMILES string of the molecule is Cc1ccc(C(=O)NCc2ccc(-n3c(-c4cccnc4N)nc4ccc(-c5ccccc5)nc43)cc2)nc1. The van der Waals surface area contributed by atoms with E-state index in [9.17, 15) is 4.79 Å². The summed E-state index contributed by atoms with van der Waals surface area (Å²) in [5.74, 6) is 0.827. The molecule has 0 aliphatic rings. The molecule has 0 aliphatic heterocycles. The number of nitrogens with zero attached hydrogens (tertiary/aromatic N) is 5. The number of benzene rings is 2. The third-order valence-electron chi connectivity index (χ3n) is 6.45. The molecule has 6 rings (SSSR count). The standard InChI is InChI=1S/C31H25N7O/c1-20-9-14-27(34-18-20)31(39)35-19-21-10-12-23(13-11-21)38-29(24-8-5-17-33-28(24)32)37-26-16-15-25(36-30(26)38)22-6-3-2-4-7-22/h2-18H,19H2,1H3,(H2,32,33)(H,35,39). The molecule has 0 aliphatic carbocycles. The smallest absolute Gasteiger partial charge is 0.270 e. The van der Waals surface area contributed by atoms with Crippen LogP contribution in [0.2, 0.25) is 0 Å². The van der Waals surface area contributed by atoms with Gasteiger partial charge in [-0.05, 0) is 60.5 Å². The minimum absolute atomic E-state index is 0.216. The number of carbonyl (C=O) groups excluding carboxylic acids is 1. The Balaban J connectivity index is 1.37. The summed E-state index contributed by atoms with van der Waals surface area (Å²) in [6.07, 6.45) is 3.34. The number of amides is 1. The summed E-state index contributed by atoms with van der Waals surface area (Å²) in [6.45, 7) is 2.31. The van der Waals surface area contributed by atoms with Crippen LogP contribution in [0.25, 0.3) is 39.5 Å². The zero-order valence-corrected chi connectivity index (χ0v) is 21.2. The van der Waals surface area contributed by atoms with Crippen LogP contribution >= 0.6 is 0 Å². The third-order valence-corrected chi connectivity index (χ3v) is 6.45. The van der Waals surface area contributed by atoms with Crippen LogP contribution in [-0.2, 0) is 6.54 Å². The molecule has 4 aromatic heterocycles. The Hall–Kier alpha value is -5.37. The zero-order chi connectivity index (χ0) is 26.8. The van der Waals surface area contributed by atoms with E-state index in [1.54, 1.807) is 18.5 Å². The number of nitrogen functional groups attached to an aromatic ring is 1. The lowest BCUT2D eigenvalue weighted by Crippen LogP contribution is -2.23. The Bertz CT molecular complexity index is 1780. The van der Waals surface area contributed by atoms with Gasteiger partial charge in [-0.3, -0.25) is 14.3 Å². The molecule has 0 saturated carbocycles. The number of anilines is 1. The Morgan fingerprint density at radius 3 is 2.44 bits per heavy atom. The molecule has 39 heavy (non-hydrogen) atoms. The van der Waals surface area contributed by atoms with Crippen molar-refractivity contribution in [3.63, 3.8) is 0 Å². The lowest BCUT2D eigenvalue weighted by molar-refractivity contribution is 0.0946. The molecule has 0 saturated heterocycles. The van der Waals surface area contributed by atoms with Crippen LogP contribution in [0, 0.1) is 6.92 Å². The summed E-state index contributed by atoms with van der Waals surface area (Å²) in [5, 5.41) is 2.93. The molecule has 0 spiro atoms. The minimum atomic E-state index is -0.216. The molecule has 0 atom stereocenters. The van der Waals surface area contributed by atoms with Crippen LogP contribution in [0.5, 0.6) is 0 Å². The first kappa shape index (κ1) is 24.0. The predicted octanol–water partition coefficient (Wildman–Crippen LogP) is 5.37. The van der Waals surface area contributed by atoms with Gasteiger partial charge >= 0.3 is 0 Å². The van der Waals surface area contributed by atoms with E-state index in [4.69, 9.17) is 15.7 Å². The quantitative estimate of drug-likeness (QED) is 0.311. The van der Waals surface area contributed by atoms with Gasteiger partial charge in [-0.25, -0.2) is 15.0 Å². The van der Waals surface area contributed by atoms with E-state index in [0.717, 1.165) is 39.2 Å². The van der Waals surface area contributed by atoms with E-state index < -0.39 is 0 Å². The van der Waals surface area contributed by atoms with Crippen molar-refractivity contribution in [2.45, 2.75) is 13.5 Å². The molecule has 8 heteroatoms. The second kappa shape index (κ2) is 10.2. The van der Waals surface area contributed by atoms with E-state index >= 15 is 0 Å². The number of fused-ring (bicyclic) bond motifs is 1. The molecule has 3 N–H and O–H groups in total. The highest BCUT2D eigenvalue weighted by atomic mass is 16.1. The van der Waals surface area contributed by atoms with Gasteiger partial charge in [-0.1, -0.05) is 48.5 Å². The first-order chi connectivity index (χ1) is 19.1. The first-order valence-corrected chi connectivity index (χ1v) is 12.5. The van der Waals surface area contributed by atoms with Gasteiger partial charge in [-0.2, -0.15) is 0 Å². The van der Waals surface area contributed by atoms with Crippen LogP contribution in [-0.4, -0.2) is 30.4 Å². The monoisotopic (exact) mass is 511 g/mol. The summed E-state index contributed by atoms with van der Waals surface area (Å²) >= 11 is 0. The lowest BCUT2D eigenvalue weighted by Gasteiger charge is -2.12. The fourth-order valence-corrected chi connectivity index (χ4v) is 4.40. The molecule has 0 radical (unpaired) electrons. The maximum atomic E-state index is 12.5. The summed E-state index contributed by atoms with van der Waals surface area (Å²) < 4.78 is 1.99. The molecule has 0 bridgehead atoms. The maximum absolute atomic E-state index is 12.5. The number of carbonyl (C=O) groups is 1. The summed E-state index contributed by atoms with van der Waals surface area (Å²) in [7, 11) is 0. The summed E-state index contributed by atoms with van der Waals surface area (Å²) in [6, 6.07) is 29.2. The maximum Gasteiger partial charge on any atom is 0.270 e. The fraction of sp³-hybridized carbons (Fsp3) is 0.0645. The average molecular weight is 512 g/mol. The van der Waals surface area contributed by atoms with Gasteiger partial charge < -0.3 is 11.1 Å². The highest BCUT2D eigenvalue weighted by molar-refractivity contribution is 5.92. The Kier molecular flexibility index (Phi) is 6.26. The molecule has 8 nitrogen and oxygen atoms in total. The third kappa shape index (κ3) is 4.83. The molecule has 6 aromatic rings. The van der Waals surface area contributed by atoms with Crippen LogP contribution < -0.4 is 11.1 Å². The Morgan fingerprint density at radius 2 is 1.69 bits per heavy atom. The van der Waals surface area contributed by atoms with Gasteiger partial charge in [0.2, 0.25) is 0 Å². The normalized spacial score (nSPS) is 11.0. The second-order valence-corrected chi connectivity index (χ2v) is 9.18. The van der Waals surface area contributed by atoms with Crippen molar-refractivity contribution in [3.8, 4) is 28.3 Å². The molecule has 1 amide bonds. The van der Waals surface area contributed by atoms with E-state index in [2.05, 4.69) is 15.3 Å². The molecule has 190 valence electrons. The number of imidazole rings is 1. The Morgan fingerprint density at radius 1 is 0.872 bits per heavy atom. The van der Waals surface area contributed by atoms with E-state index in [0.29, 0.717) is 29.5 Å². The van der Waals surface area contributed by atoms with E-state index in [-0.39, 0.29) is 5.91 Å². The van der Waals surface area contributed by atoms with Crippen LogP contribution in [0.3, 0.4) is 0 Å². The van der Waals surface area contributed by atoms with Crippen molar-refractivity contribution in [1.29, 1.82) is 0 Å². The average Bonchev–Trinajstić information content (AvgIpc) is 3.36. The van der Waals surface area contributed by atoms with Gasteiger partial charge in [0.1, 0.15) is 17.0 Å². The molecule has 0 fully saturated rings. The number of nitrogens with two attached hydrogens (primary N) is 1. The second-order valence-electron chi connectivity index (χ2n) is 9.18. The topological polar surface area (TPSA) is 112 Å². The molecular weight excluding hydrogens is 486 g/mol. The van der Waals surface area contributed by atoms with Gasteiger partial charge in [-0.15, -0.1) is 0 Å². The fourth-order valence-electron chi connectivity index (χ4n) is 4.40. The van der Waals surface area contributed by atoms with Crippen molar-refractivity contribution in [1.82, 2.24) is 29.8 Å².